The van der Waals surface area contributed by atoms with Crippen molar-refractivity contribution in [3.8, 4) is 10.6 Å². The Kier molecular flexibility index (Phi) is 15.9. The van der Waals surface area contributed by atoms with E-state index in [9.17, 15) is 46.7 Å². The van der Waals surface area contributed by atoms with E-state index in [-0.39, 0.29) is 31.7 Å². The fourth-order valence-corrected chi connectivity index (χ4v) is 11.8. The molecule has 16 nitrogen and oxygen atoms in total. The zero-order valence-corrected chi connectivity index (χ0v) is 42.9. The molecule has 2 aromatic rings. The fourth-order valence-electron chi connectivity index (χ4n) is 10.9. The van der Waals surface area contributed by atoms with Gasteiger partial charge in [-0.05, 0) is 120 Å². The van der Waals surface area contributed by atoms with Gasteiger partial charge in [0.1, 0.15) is 57.4 Å². The first-order valence-electron chi connectivity index (χ1n) is 24.6. The molecule has 6 atom stereocenters. The molecule has 1 aromatic carbocycles. The molecular weight excluding hydrogens is 970 g/mol. The van der Waals surface area contributed by atoms with Crippen LogP contribution in [0.1, 0.15) is 115 Å². The smallest absolute Gasteiger partial charge is 0.354 e. The van der Waals surface area contributed by atoms with E-state index in [1.807, 2.05) is 13.8 Å². The van der Waals surface area contributed by atoms with Crippen LogP contribution in [0.4, 0.5) is 17.6 Å². The topological polar surface area (TPSA) is 203 Å². The maximum absolute atomic E-state index is 15.1. The van der Waals surface area contributed by atoms with Gasteiger partial charge in [0.2, 0.25) is 41.4 Å². The molecule has 7 amide bonds. The molecule has 0 radical (unpaired) electrons. The normalized spacial score (nSPS) is 26.5. The number of aryl methyl sites for hydroxylation is 1. The summed E-state index contributed by atoms with van der Waals surface area (Å²) in [4.78, 5) is 103. The summed E-state index contributed by atoms with van der Waals surface area (Å²) in [6, 6.07) is -1.47. The highest BCUT2D eigenvalue weighted by molar-refractivity contribution is 7.14. The number of likely N-dealkylation sites (N-methyl/N-ethyl adjacent to an activating group) is 2. The lowest BCUT2D eigenvalue weighted by Gasteiger charge is -2.60. The molecule has 5 fully saturated rings. The van der Waals surface area contributed by atoms with Crippen LogP contribution in [0.2, 0.25) is 5.02 Å². The standard InChI is InChI=1S/C49H66ClF4N9O7S/c1-26(2)19-33-42(67)62(7)35(21-29-20-30(50)14-15-32(29)41-60-59-27(3)71-41)40(66)58-46(4,5)44(69)55-18-9-8-11-34(38(64)56-33)61(6)43(68)37(28-12-13-28)57-39(65)36-22-31(51)23-63(36)45(70)48(49(52,53)54)24-47(25-48)16-10-17-47/h14-15,20,26,28,31,33-37H,8-13,16-19,21-25H2,1-7H3,(H,55,69)(H,56,64)(H,57,65)(H,58,66)/t31-,33+,34+,35+,36+,37+/m1/s1. The van der Waals surface area contributed by atoms with Gasteiger partial charge in [0.05, 0.1) is 6.54 Å². The Balaban J connectivity index is 1.14. The van der Waals surface area contributed by atoms with Gasteiger partial charge in [-0.25, -0.2) is 4.39 Å². The molecular formula is C49H66ClF4N9O7S. The maximum Gasteiger partial charge on any atom is 0.403 e. The number of rotatable bonds is 11. The van der Waals surface area contributed by atoms with Crippen LogP contribution < -0.4 is 21.3 Å². The van der Waals surface area contributed by atoms with Gasteiger partial charge in [0.15, 0.2) is 0 Å². The second-order valence-corrected chi connectivity index (χ2v) is 23.2. The lowest BCUT2D eigenvalue weighted by Crippen LogP contribution is -2.66. The van der Waals surface area contributed by atoms with Gasteiger partial charge in [0.25, 0.3) is 0 Å². The Morgan fingerprint density at radius 2 is 1.70 bits per heavy atom. The molecule has 7 rings (SSSR count). The highest BCUT2D eigenvalue weighted by atomic mass is 35.5. The quantitative estimate of drug-likeness (QED) is 0.212. The van der Waals surface area contributed by atoms with Gasteiger partial charge < -0.3 is 36.0 Å². The average Bonchev–Trinajstić information content (AvgIpc) is 3.89. The molecule has 0 bridgehead atoms. The second-order valence-electron chi connectivity index (χ2n) is 21.5. The van der Waals surface area contributed by atoms with Crippen LogP contribution in [0, 0.1) is 29.6 Å². The minimum absolute atomic E-state index is 0.0501. The van der Waals surface area contributed by atoms with E-state index >= 15 is 4.39 Å². The predicted molar refractivity (Wildman–Crippen MR) is 256 cm³/mol. The third-order valence-electron chi connectivity index (χ3n) is 15.2. The van der Waals surface area contributed by atoms with E-state index in [2.05, 4.69) is 31.5 Å². The van der Waals surface area contributed by atoms with Gasteiger partial charge in [-0.3, -0.25) is 33.6 Å². The minimum atomic E-state index is -4.91. The molecule has 3 aliphatic carbocycles. The van der Waals surface area contributed by atoms with E-state index in [0.29, 0.717) is 69.6 Å². The van der Waals surface area contributed by atoms with E-state index in [0.717, 1.165) is 6.42 Å². The molecule has 2 saturated heterocycles. The third-order valence-corrected chi connectivity index (χ3v) is 16.3. The van der Waals surface area contributed by atoms with Crippen LogP contribution in [0.5, 0.6) is 0 Å². The SMILES string of the molecule is Cc1nnc(-c2ccc(Cl)cc2C[C@H]2C(=O)NC(C)(C)C(=O)NCCCC[C@H](N(C)C(=O)[C@@H](NC(=O)[C@@H]3C[C@@H](F)CN3C(=O)C3(C(F)(F)F)CC4(CCC4)C3)C3CC3)C(=O)N[C@@H](CC(C)C)C(=O)N2C)s1. The Morgan fingerprint density at radius 1 is 1.01 bits per heavy atom. The molecule has 3 saturated carbocycles. The van der Waals surface area contributed by atoms with Crippen molar-refractivity contribution < 1.29 is 51.1 Å². The van der Waals surface area contributed by atoms with Crippen LogP contribution >= 0.6 is 22.9 Å². The largest absolute Gasteiger partial charge is 0.403 e. The molecule has 2 aliphatic heterocycles. The summed E-state index contributed by atoms with van der Waals surface area (Å²) in [5.74, 6) is -6.05. The molecule has 71 heavy (non-hydrogen) atoms. The number of carbonyl (C=O) groups excluding carboxylic acids is 7. The van der Waals surface area contributed by atoms with Gasteiger partial charge in [0, 0.05) is 44.1 Å². The first-order chi connectivity index (χ1) is 33.3. The summed E-state index contributed by atoms with van der Waals surface area (Å²) < 4.78 is 59.3. The number of amides is 7. The van der Waals surface area contributed by atoms with Crippen molar-refractivity contribution in [2.45, 2.75) is 166 Å². The Hall–Kier alpha value is -4.92. The Bertz CT molecular complexity index is 2390. The van der Waals surface area contributed by atoms with E-state index in [1.165, 1.54) is 35.2 Å². The predicted octanol–water partition coefficient (Wildman–Crippen LogP) is 5.44. The van der Waals surface area contributed by atoms with Crippen molar-refractivity contribution >= 4 is 64.3 Å². The average molecular weight is 1040 g/mol. The van der Waals surface area contributed by atoms with Gasteiger partial charge in [-0.2, -0.15) is 13.2 Å². The number of benzene rings is 1. The molecule has 22 heteroatoms. The lowest BCUT2D eigenvalue weighted by molar-refractivity contribution is -0.285. The van der Waals surface area contributed by atoms with E-state index in [1.54, 1.807) is 39.0 Å². The van der Waals surface area contributed by atoms with Gasteiger partial charge in [-0.15, -0.1) is 10.2 Å². The number of nitrogens with zero attached hydrogens (tertiary/aromatic N) is 5. The van der Waals surface area contributed by atoms with Gasteiger partial charge in [-0.1, -0.05) is 49.3 Å². The first kappa shape index (κ1) is 53.9. The lowest BCUT2D eigenvalue weighted by atomic mass is 9.44. The highest BCUT2D eigenvalue weighted by Gasteiger charge is 2.74. The van der Waals surface area contributed by atoms with Crippen molar-refractivity contribution in [3.05, 3.63) is 33.8 Å². The number of nitrogens with one attached hydrogen (secondary N) is 4. The molecule has 5 aliphatic rings. The van der Waals surface area contributed by atoms with Crippen LogP contribution in [-0.4, -0.2) is 142 Å². The van der Waals surface area contributed by atoms with Gasteiger partial charge >= 0.3 is 6.18 Å². The molecule has 1 spiro atoms. The Morgan fingerprint density at radius 3 is 2.30 bits per heavy atom. The first-order valence-corrected chi connectivity index (χ1v) is 25.8. The molecule has 1 aromatic heterocycles. The molecule has 3 heterocycles. The number of hydrogen-bond acceptors (Lipinski definition) is 10. The monoisotopic (exact) mass is 1040 g/mol. The summed E-state index contributed by atoms with van der Waals surface area (Å²) in [6.07, 6.45) is -4.39. The summed E-state index contributed by atoms with van der Waals surface area (Å²) in [5, 5.41) is 21.3. The van der Waals surface area contributed by atoms with Crippen molar-refractivity contribution in [3.63, 3.8) is 0 Å². The number of likely N-dealkylation sites (tertiary alicyclic amines) is 1. The zero-order valence-electron chi connectivity index (χ0n) is 41.3. The number of hydrogen-bond donors (Lipinski definition) is 4. The van der Waals surface area contributed by atoms with E-state index in [4.69, 9.17) is 11.6 Å². The zero-order chi connectivity index (χ0) is 52.0. The molecule has 0 unspecified atom stereocenters. The number of halogens is 5. The third kappa shape index (κ3) is 11.5. The van der Waals surface area contributed by atoms with Crippen LogP contribution in [0.3, 0.4) is 0 Å². The summed E-state index contributed by atoms with van der Waals surface area (Å²) in [5.41, 5.74) is -3.54. The van der Waals surface area contributed by atoms with Crippen molar-refractivity contribution in [1.82, 2.24) is 46.2 Å². The summed E-state index contributed by atoms with van der Waals surface area (Å²) >= 11 is 7.83. The highest BCUT2D eigenvalue weighted by Crippen LogP contribution is 2.69. The van der Waals surface area contributed by atoms with Crippen molar-refractivity contribution in [2.24, 2.45) is 22.7 Å². The maximum atomic E-state index is 15.1. The Labute approximate surface area is 420 Å². The van der Waals surface area contributed by atoms with Crippen LogP contribution in [-0.2, 0) is 40.0 Å². The summed E-state index contributed by atoms with van der Waals surface area (Å²) in [7, 11) is 2.81. The molecule has 4 N–H and O–H groups in total. The number of aromatic nitrogens is 2. The van der Waals surface area contributed by atoms with E-state index < -0.39 is 132 Å². The minimum Gasteiger partial charge on any atom is -0.354 e. The fraction of sp³-hybridized carbons (Fsp3) is 0.694. The summed E-state index contributed by atoms with van der Waals surface area (Å²) in [6.45, 7) is 8.04. The second kappa shape index (κ2) is 20.9. The number of carbonyl (C=O) groups is 7. The van der Waals surface area contributed by atoms with Crippen molar-refractivity contribution in [1.29, 1.82) is 0 Å². The van der Waals surface area contributed by atoms with Crippen LogP contribution in [0.15, 0.2) is 18.2 Å². The van der Waals surface area contributed by atoms with Crippen LogP contribution in [0.25, 0.3) is 10.6 Å². The van der Waals surface area contributed by atoms with Crippen molar-refractivity contribution in [2.75, 3.05) is 27.2 Å². The number of alkyl halides is 4. The molecule has 390 valence electrons.